The van der Waals surface area contributed by atoms with Crippen molar-refractivity contribution in [1.82, 2.24) is 5.32 Å². The van der Waals surface area contributed by atoms with E-state index in [-0.39, 0.29) is 0 Å². The van der Waals surface area contributed by atoms with Crippen LogP contribution in [0.15, 0.2) is 0 Å². The smallest absolute Gasteiger partial charge is 0.367 e. The molecule has 7 unspecified atom stereocenters. The summed E-state index contributed by atoms with van der Waals surface area (Å²) >= 11 is 0. The second-order valence-electron chi connectivity index (χ2n) is 4.94. The number of aliphatic hydroxyl groups excluding tert-OH is 4. The number of nitrogens with one attached hydrogen (secondary N) is 1. The van der Waals surface area contributed by atoms with E-state index in [1.165, 1.54) is 0 Å². The molecule has 1 fully saturated rings. The number of ether oxygens (including phenoxy) is 1. The van der Waals surface area contributed by atoms with Crippen LogP contribution in [0.2, 0.25) is 0 Å². The van der Waals surface area contributed by atoms with Crippen LogP contribution >= 0.6 is 0 Å². The van der Waals surface area contributed by atoms with E-state index in [1.807, 2.05) is 5.32 Å². The molecule has 10 nitrogen and oxygen atoms in total. The molecule has 1 amide bonds. The fourth-order valence-corrected chi connectivity index (χ4v) is 2.13. The molecule has 128 valence electrons. The molecular formula is C11H18FNO9. The zero-order valence-electron chi connectivity index (χ0n) is 11.5. The van der Waals surface area contributed by atoms with Crippen molar-refractivity contribution in [3.63, 3.8) is 0 Å². The third kappa shape index (κ3) is 3.34. The molecule has 1 aliphatic rings. The maximum atomic E-state index is 13.9. The van der Waals surface area contributed by atoms with E-state index in [9.17, 15) is 34.4 Å². The number of hydrogen-bond acceptors (Lipinski definition) is 8. The van der Waals surface area contributed by atoms with Crippen molar-refractivity contribution >= 4 is 11.9 Å². The summed E-state index contributed by atoms with van der Waals surface area (Å²) < 4.78 is 18.5. The molecule has 0 aromatic carbocycles. The van der Waals surface area contributed by atoms with Crippen LogP contribution in [0.3, 0.4) is 0 Å². The van der Waals surface area contributed by atoms with Crippen molar-refractivity contribution in [3.05, 3.63) is 0 Å². The lowest BCUT2D eigenvalue weighted by molar-refractivity contribution is -0.320. The van der Waals surface area contributed by atoms with Gasteiger partial charge in [-0.25, -0.2) is 9.18 Å². The Morgan fingerprint density at radius 2 is 1.95 bits per heavy atom. The van der Waals surface area contributed by atoms with Gasteiger partial charge in [-0.2, -0.15) is 0 Å². The van der Waals surface area contributed by atoms with Gasteiger partial charge in [-0.15, -0.1) is 0 Å². The Morgan fingerprint density at radius 1 is 1.41 bits per heavy atom. The first kappa shape index (κ1) is 18.7. The number of alkyl halides is 1. The Balaban J connectivity index is 3.19. The van der Waals surface area contributed by atoms with Crippen LogP contribution in [0.25, 0.3) is 0 Å². The van der Waals surface area contributed by atoms with Gasteiger partial charge in [0, 0.05) is 6.92 Å². The lowest BCUT2D eigenvalue weighted by Gasteiger charge is -2.46. The summed E-state index contributed by atoms with van der Waals surface area (Å²) in [6.45, 7) is 0.0400. The molecule has 0 bridgehead atoms. The molecule has 0 aromatic heterocycles. The first-order valence-electron chi connectivity index (χ1n) is 6.26. The lowest BCUT2D eigenvalue weighted by Crippen LogP contribution is -2.72. The summed E-state index contributed by atoms with van der Waals surface area (Å²) in [6, 6.07) is -1.66. The highest BCUT2D eigenvalue weighted by atomic mass is 19.1. The van der Waals surface area contributed by atoms with E-state index in [4.69, 9.17) is 10.2 Å². The van der Waals surface area contributed by atoms with Gasteiger partial charge in [0.25, 0.3) is 0 Å². The van der Waals surface area contributed by atoms with E-state index in [2.05, 4.69) is 4.74 Å². The summed E-state index contributed by atoms with van der Waals surface area (Å²) in [5, 5.41) is 58.4. The fraction of sp³-hybridized carbons (Fsp3) is 0.818. The van der Waals surface area contributed by atoms with Crippen LogP contribution < -0.4 is 5.32 Å². The normalized spacial score (nSPS) is 38.1. The SMILES string of the molecule is CC(=O)NC1C(O)C(F)C(O)(C(=O)O)OC1C(O)C(O)CO. The van der Waals surface area contributed by atoms with Gasteiger partial charge in [0.1, 0.15) is 24.4 Å². The molecule has 0 aliphatic carbocycles. The first-order chi connectivity index (χ1) is 10.1. The number of halogens is 1. The van der Waals surface area contributed by atoms with Gasteiger partial charge in [-0.05, 0) is 0 Å². The minimum absolute atomic E-state index is 0.767. The summed E-state index contributed by atoms with van der Waals surface area (Å²) in [4.78, 5) is 22.1. The molecule has 11 heteroatoms. The van der Waals surface area contributed by atoms with Crippen molar-refractivity contribution in [3.8, 4) is 0 Å². The van der Waals surface area contributed by atoms with Gasteiger partial charge in [0.2, 0.25) is 5.91 Å². The third-order valence-corrected chi connectivity index (χ3v) is 3.31. The molecule has 0 radical (unpaired) electrons. The van der Waals surface area contributed by atoms with Crippen LogP contribution in [-0.4, -0.2) is 91.5 Å². The summed E-state index contributed by atoms with van der Waals surface area (Å²) in [6.07, 6.45) is -10.8. The number of hydrogen-bond donors (Lipinski definition) is 7. The summed E-state index contributed by atoms with van der Waals surface area (Å²) in [7, 11) is 0. The largest absolute Gasteiger partial charge is 0.477 e. The van der Waals surface area contributed by atoms with Crippen LogP contribution in [-0.2, 0) is 14.3 Å². The maximum absolute atomic E-state index is 13.9. The van der Waals surface area contributed by atoms with Gasteiger partial charge < -0.3 is 40.7 Å². The number of aliphatic hydroxyl groups is 5. The Hall–Kier alpha value is -1.37. The Bertz CT molecular complexity index is 436. The van der Waals surface area contributed by atoms with Crippen LogP contribution in [0.5, 0.6) is 0 Å². The standard InChI is InChI=1S/C11H18FNO9/c1-3(15)13-5-7(18)9(12)11(21,10(19)20)22-8(5)6(17)4(16)2-14/h4-9,14,16-18,21H,2H2,1H3,(H,13,15)(H,19,20). The lowest BCUT2D eigenvalue weighted by atomic mass is 9.87. The Morgan fingerprint density at radius 3 is 2.36 bits per heavy atom. The molecule has 0 saturated carbocycles. The van der Waals surface area contributed by atoms with Crippen molar-refractivity contribution in [1.29, 1.82) is 0 Å². The summed E-state index contributed by atoms with van der Waals surface area (Å²) in [5.74, 6) is -6.43. The Kier molecular flexibility index (Phi) is 5.78. The van der Waals surface area contributed by atoms with Gasteiger partial charge in [-0.3, -0.25) is 4.79 Å². The molecule has 0 aromatic rings. The fourth-order valence-electron chi connectivity index (χ4n) is 2.13. The van der Waals surface area contributed by atoms with Gasteiger partial charge in [0.15, 0.2) is 6.17 Å². The van der Waals surface area contributed by atoms with Crippen molar-refractivity contribution < 1.29 is 49.4 Å². The molecule has 1 heterocycles. The number of carboxylic acids is 1. The molecule has 1 saturated heterocycles. The number of carboxylic acid groups (broad SMARTS) is 1. The average molecular weight is 327 g/mol. The topological polar surface area (TPSA) is 177 Å². The van der Waals surface area contributed by atoms with Crippen molar-refractivity contribution in [2.24, 2.45) is 0 Å². The summed E-state index contributed by atoms with van der Waals surface area (Å²) in [5.41, 5.74) is 0. The van der Waals surface area contributed by atoms with E-state index in [1.54, 1.807) is 0 Å². The third-order valence-electron chi connectivity index (χ3n) is 3.31. The molecule has 0 spiro atoms. The van der Waals surface area contributed by atoms with E-state index in [0.29, 0.717) is 0 Å². The highest BCUT2D eigenvalue weighted by Crippen LogP contribution is 2.32. The van der Waals surface area contributed by atoms with Crippen molar-refractivity contribution in [2.75, 3.05) is 6.61 Å². The quantitative estimate of drug-likeness (QED) is 0.266. The van der Waals surface area contributed by atoms with E-state index < -0.39 is 60.9 Å². The van der Waals surface area contributed by atoms with Crippen LogP contribution in [0.4, 0.5) is 4.39 Å². The highest BCUT2D eigenvalue weighted by molar-refractivity contribution is 5.77. The maximum Gasteiger partial charge on any atom is 0.367 e. The monoisotopic (exact) mass is 327 g/mol. The first-order valence-corrected chi connectivity index (χ1v) is 6.26. The number of amides is 1. The van der Waals surface area contributed by atoms with E-state index >= 15 is 0 Å². The number of carbonyl (C=O) groups is 2. The molecule has 1 aliphatic heterocycles. The highest BCUT2D eigenvalue weighted by Gasteiger charge is 2.61. The molecule has 22 heavy (non-hydrogen) atoms. The second-order valence-corrected chi connectivity index (χ2v) is 4.94. The molecule has 7 atom stereocenters. The molecule has 1 rings (SSSR count). The minimum atomic E-state index is -3.49. The molecular weight excluding hydrogens is 309 g/mol. The number of rotatable bonds is 5. The predicted octanol–water partition coefficient (Wildman–Crippen LogP) is -3.92. The second kappa shape index (κ2) is 6.81. The van der Waals surface area contributed by atoms with Crippen molar-refractivity contribution in [2.45, 2.75) is 49.3 Å². The average Bonchev–Trinajstić information content (AvgIpc) is 2.45. The Labute approximate surface area is 123 Å². The zero-order valence-corrected chi connectivity index (χ0v) is 11.5. The predicted molar refractivity (Wildman–Crippen MR) is 65.1 cm³/mol. The number of carbonyl (C=O) groups excluding carboxylic acids is 1. The van der Waals surface area contributed by atoms with Crippen LogP contribution in [0, 0.1) is 0 Å². The zero-order chi connectivity index (χ0) is 17.2. The van der Waals surface area contributed by atoms with Gasteiger partial charge in [-0.1, -0.05) is 0 Å². The molecule has 7 N–H and O–H groups in total. The van der Waals surface area contributed by atoms with Crippen LogP contribution in [0.1, 0.15) is 6.92 Å². The number of aliphatic carboxylic acids is 1. The van der Waals surface area contributed by atoms with Gasteiger partial charge >= 0.3 is 11.8 Å². The minimum Gasteiger partial charge on any atom is -0.477 e. The van der Waals surface area contributed by atoms with Gasteiger partial charge in [0.05, 0.1) is 12.6 Å². The van der Waals surface area contributed by atoms with E-state index in [0.717, 1.165) is 6.92 Å².